The number of fused-ring (bicyclic) bond motifs is 1. The number of hydrogen-bond acceptors (Lipinski definition) is 6. The molecule has 2 aliphatic rings. The smallest absolute Gasteiger partial charge is 0.352 e. The molecule has 1 N–H and O–H groups in total. The highest BCUT2D eigenvalue weighted by Crippen LogP contribution is 2.36. The average Bonchev–Trinajstić information content (AvgIpc) is 2.26. The van der Waals surface area contributed by atoms with Gasteiger partial charge in [-0.2, -0.15) is 0 Å². The Morgan fingerprint density at radius 3 is 2.58 bits per heavy atom. The molecule has 9 heteroatoms. The van der Waals surface area contributed by atoms with Crippen molar-refractivity contribution >= 4 is 27.7 Å². The summed E-state index contributed by atoms with van der Waals surface area (Å²) >= 11 is 0. The second-order valence-corrected chi connectivity index (χ2v) is 6.43. The van der Waals surface area contributed by atoms with Gasteiger partial charge >= 0.3 is 11.9 Å². The summed E-state index contributed by atoms with van der Waals surface area (Å²) in [6.45, 7) is 0.669. The van der Waals surface area contributed by atoms with Crippen LogP contribution in [0, 0.1) is 0 Å². The van der Waals surface area contributed by atoms with E-state index in [4.69, 9.17) is 5.11 Å². The molecule has 8 nitrogen and oxygen atoms in total. The lowest BCUT2D eigenvalue weighted by Crippen LogP contribution is -2.60. The van der Waals surface area contributed by atoms with Crippen LogP contribution < -0.4 is 0 Å². The molecule has 0 aromatic heterocycles. The van der Waals surface area contributed by atoms with Crippen LogP contribution in [0.2, 0.25) is 0 Å². The molecule has 0 aromatic carbocycles. The van der Waals surface area contributed by atoms with Gasteiger partial charge in [0.15, 0.2) is 9.84 Å². The zero-order valence-electron chi connectivity index (χ0n) is 9.95. The standard InChI is InChI=1S/C10H11NO7S/c1-5(12)18-3-6-4-19(16,17)8-2-7(13)11(8)9(6)10(14)15/h8H,2-4H2,1H3,(H,14,15)/t8-/m1/s1. The summed E-state index contributed by atoms with van der Waals surface area (Å²) in [6.07, 6.45) is -0.208. The maximum Gasteiger partial charge on any atom is 0.352 e. The molecule has 1 atom stereocenters. The van der Waals surface area contributed by atoms with E-state index < -0.39 is 51.1 Å². The molecule has 1 saturated heterocycles. The Morgan fingerprint density at radius 1 is 1.47 bits per heavy atom. The summed E-state index contributed by atoms with van der Waals surface area (Å²) in [5.74, 6) is -3.15. The molecule has 19 heavy (non-hydrogen) atoms. The molecule has 0 bridgehead atoms. The highest BCUT2D eigenvalue weighted by molar-refractivity contribution is 7.92. The van der Waals surface area contributed by atoms with Crippen molar-refractivity contribution in [1.82, 2.24) is 4.90 Å². The lowest BCUT2D eigenvalue weighted by Gasteiger charge is -2.43. The molecule has 0 saturated carbocycles. The topological polar surface area (TPSA) is 118 Å². The Hall–Kier alpha value is -1.90. The van der Waals surface area contributed by atoms with Crippen LogP contribution >= 0.6 is 0 Å². The first-order valence-electron chi connectivity index (χ1n) is 5.36. The SMILES string of the molecule is CC(=O)OCC1=C(C(=O)O)N2C(=O)C[C@H]2S(=O)(=O)C1. The predicted molar refractivity (Wildman–Crippen MR) is 60.3 cm³/mol. The van der Waals surface area contributed by atoms with Crippen LogP contribution in [0.4, 0.5) is 0 Å². The Kier molecular flexibility index (Phi) is 3.09. The second-order valence-electron chi connectivity index (χ2n) is 4.27. The van der Waals surface area contributed by atoms with Gasteiger partial charge in [-0.3, -0.25) is 14.5 Å². The van der Waals surface area contributed by atoms with E-state index in [2.05, 4.69) is 4.74 Å². The van der Waals surface area contributed by atoms with Gasteiger partial charge < -0.3 is 9.84 Å². The van der Waals surface area contributed by atoms with Gasteiger partial charge in [0.25, 0.3) is 0 Å². The van der Waals surface area contributed by atoms with Crippen LogP contribution in [0.15, 0.2) is 11.3 Å². The maximum atomic E-state index is 11.9. The molecule has 0 unspecified atom stereocenters. The normalized spacial score (nSPS) is 24.6. The number of sulfone groups is 1. The van der Waals surface area contributed by atoms with Crippen LogP contribution in [-0.2, 0) is 29.0 Å². The van der Waals surface area contributed by atoms with E-state index in [1.54, 1.807) is 0 Å². The minimum absolute atomic E-state index is 0.0907. The molecule has 1 amide bonds. The molecular weight excluding hydrogens is 278 g/mol. The minimum atomic E-state index is -3.63. The van der Waals surface area contributed by atoms with Crippen molar-refractivity contribution < 1.29 is 32.6 Å². The number of aliphatic carboxylic acids is 1. The van der Waals surface area contributed by atoms with Gasteiger partial charge in [-0.15, -0.1) is 0 Å². The second kappa shape index (κ2) is 4.34. The quantitative estimate of drug-likeness (QED) is 0.516. The number of carboxylic acids is 1. The van der Waals surface area contributed by atoms with Crippen LogP contribution in [0.5, 0.6) is 0 Å². The van der Waals surface area contributed by atoms with Crippen molar-refractivity contribution in [2.75, 3.05) is 12.4 Å². The molecule has 2 heterocycles. The number of carbonyl (C=O) groups is 3. The zero-order valence-corrected chi connectivity index (χ0v) is 10.8. The number of carboxylic acid groups (broad SMARTS) is 1. The summed E-state index contributed by atoms with van der Waals surface area (Å²) in [6, 6.07) is 0. The third-order valence-electron chi connectivity index (χ3n) is 2.92. The summed E-state index contributed by atoms with van der Waals surface area (Å²) in [4.78, 5) is 34.1. The molecular formula is C10H11NO7S. The first-order valence-corrected chi connectivity index (χ1v) is 7.08. The van der Waals surface area contributed by atoms with E-state index in [-0.39, 0.29) is 12.0 Å². The van der Waals surface area contributed by atoms with Crippen LogP contribution in [0.3, 0.4) is 0 Å². The van der Waals surface area contributed by atoms with Gasteiger partial charge in [-0.05, 0) is 0 Å². The van der Waals surface area contributed by atoms with Gasteiger partial charge in [0, 0.05) is 12.5 Å². The number of nitrogens with zero attached hydrogens (tertiary/aromatic N) is 1. The fourth-order valence-corrected chi connectivity index (χ4v) is 3.91. The summed E-state index contributed by atoms with van der Waals surface area (Å²) < 4.78 is 28.3. The lowest BCUT2D eigenvalue weighted by atomic mass is 10.1. The van der Waals surface area contributed by atoms with E-state index in [1.807, 2.05) is 0 Å². The number of amides is 1. The Bertz CT molecular complexity index is 603. The number of ether oxygens (including phenoxy) is 1. The van der Waals surface area contributed by atoms with Crippen LogP contribution in [-0.4, -0.2) is 54.0 Å². The summed E-state index contributed by atoms with van der Waals surface area (Å²) in [5, 5.41) is 7.99. The van der Waals surface area contributed by atoms with E-state index in [1.165, 1.54) is 0 Å². The fraction of sp³-hybridized carbons (Fsp3) is 0.500. The lowest BCUT2D eigenvalue weighted by molar-refractivity contribution is -0.146. The summed E-state index contributed by atoms with van der Waals surface area (Å²) in [5.41, 5.74) is -0.482. The van der Waals surface area contributed by atoms with Crippen LogP contribution in [0.1, 0.15) is 13.3 Å². The van der Waals surface area contributed by atoms with E-state index in [0.717, 1.165) is 11.8 Å². The van der Waals surface area contributed by atoms with Gasteiger partial charge in [0.1, 0.15) is 17.7 Å². The molecule has 1 fully saturated rings. The summed E-state index contributed by atoms with van der Waals surface area (Å²) in [7, 11) is -3.63. The van der Waals surface area contributed by atoms with Gasteiger partial charge in [-0.1, -0.05) is 0 Å². The van der Waals surface area contributed by atoms with Crippen molar-refractivity contribution in [2.24, 2.45) is 0 Å². The first-order chi connectivity index (χ1) is 8.74. The molecule has 2 aliphatic heterocycles. The average molecular weight is 289 g/mol. The molecule has 0 aromatic rings. The third-order valence-corrected chi connectivity index (χ3v) is 4.88. The van der Waals surface area contributed by atoms with Crippen molar-refractivity contribution in [3.63, 3.8) is 0 Å². The Balaban J connectivity index is 2.43. The van der Waals surface area contributed by atoms with Crippen LogP contribution in [0.25, 0.3) is 0 Å². The Labute approximate surface area is 108 Å². The molecule has 2 rings (SSSR count). The van der Waals surface area contributed by atoms with Crippen molar-refractivity contribution in [3.8, 4) is 0 Å². The maximum absolute atomic E-state index is 11.9. The molecule has 0 aliphatic carbocycles. The largest absolute Gasteiger partial charge is 0.477 e. The van der Waals surface area contributed by atoms with E-state index >= 15 is 0 Å². The molecule has 0 radical (unpaired) electrons. The van der Waals surface area contributed by atoms with E-state index in [9.17, 15) is 22.8 Å². The number of rotatable bonds is 3. The van der Waals surface area contributed by atoms with E-state index in [0.29, 0.717) is 0 Å². The zero-order chi connectivity index (χ0) is 14.4. The Morgan fingerprint density at radius 2 is 2.11 bits per heavy atom. The fourth-order valence-electron chi connectivity index (χ4n) is 2.07. The minimum Gasteiger partial charge on any atom is -0.477 e. The third kappa shape index (κ3) is 2.21. The first kappa shape index (κ1) is 13.5. The molecule has 104 valence electrons. The predicted octanol–water partition coefficient (Wildman–Crippen LogP) is -1.12. The number of carbonyl (C=O) groups excluding carboxylic acids is 2. The van der Waals surface area contributed by atoms with Crippen molar-refractivity contribution in [3.05, 3.63) is 11.3 Å². The number of β-lactam (4-membered cyclic amide) rings is 1. The molecule has 0 spiro atoms. The number of hydrogen-bond donors (Lipinski definition) is 1. The highest BCUT2D eigenvalue weighted by Gasteiger charge is 2.52. The van der Waals surface area contributed by atoms with Crippen molar-refractivity contribution in [2.45, 2.75) is 18.7 Å². The van der Waals surface area contributed by atoms with Gasteiger partial charge in [0.2, 0.25) is 5.91 Å². The number of esters is 1. The monoisotopic (exact) mass is 289 g/mol. The van der Waals surface area contributed by atoms with Crippen molar-refractivity contribution in [1.29, 1.82) is 0 Å². The highest BCUT2D eigenvalue weighted by atomic mass is 32.2. The van der Waals surface area contributed by atoms with Gasteiger partial charge in [0.05, 0.1) is 12.2 Å². The van der Waals surface area contributed by atoms with Gasteiger partial charge in [-0.25, -0.2) is 13.2 Å².